The van der Waals surface area contributed by atoms with Gasteiger partial charge in [0.2, 0.25) is 0 Å². The molecule has 0 saturated carbocycles. The highest BCUT2D eigenvalue weighted by Crippen LogP contribution is 2.33. The van der Waals surface area contributed by atoms with Crippen LogP contribution in [0.3, 0.4) is 0 Å². The van der Waals surface area contributed by atoms with E-state index in [1.807, 2.05) is 54.6 Å². The maximum atomic E-state index is 14.3. The van der Waals surface area contributed by atoms with Crippen LogP contribution < -0.4 is 24.7 Å². The lowest BCUT2D eigenvalue weighted by atomic mass is 10.0. The van der Waals surface area contributed by atoms with Gasteiger partial charge in [0.05, 0.1) is 50.4 Å². The van der Waals surface area contributed by atoms with Crippen molar-refractivity contribution < 1.29 is 32.7 Å². The van der Waals surface area contributed by atoms with Crippen molar-refractivity contribution >= 4 is 11.4 Å². The summed E-state index contributed by atoms with van der Waals surface area (Å²) in [6.45, 7) is 0. The van der Waals surface area contributed by atoms with Gasteiger partial charge in [-0.05, 0) is 48.0 Å². The number of aromatic nitrogens is 4. The quantitative estimate of drug-likeness (QED) is 0.0820. The third-order valence-electron chi connectivity index (χ3n) is 7.90. The van der Waals surface area contributed by atoms with Gasteiger partial charge in [0.15, 0.2) is 5.75 Å². The Balaban J connectivity index is 0.000000202. The fraction of sp³-hybridized carbons (Fsp3) is 0.158. The molecule has 6 aromatic rings. The molecule has 4 aromatic carbocycles. The van der Waals surface area contributed by atoms with Crippen LogP contribution in [0.4, 0.5) is 20.2 Å². The maximum Gasteiger partial charge on any atom is 0.311 e. The van der Waals surface area contributed by atoms with Crippen LogP contribution in [0.25, 0.3) is 22.5 Å². The normalized spacial score (nSPS) is 10.5. The predicted octanol–water partition coefficient (Wildman–Crippen LogP) is 7.27. The molecule has 2 aromatic heterocycles. The summed E-state index contributed by atoms with van der Waals surface area (Å²) < 4.78 is 49.2. The van der Waals surface area contributed by atoms with Gasteiger partial charge in [-0.15, -0.1) is 0 Å². The molecule has 0 radical (unpaired) electrons. The van der Waals surface area contributed by atoms with Gasteiger partial charge < -0.3 is 24.7 Å². The molecule has 12 nitrogen and oxygen atoms in total. The third kappa shape index (κ3) is 8.53. The summed E-state index contributed by atoms with van der Waals surface area (Å²) in [4.78, 5) is 27.5. The molecule has 0 fully saturated rings. The summed E-state index contributed by atoms with van der Waals surface area (Å²) in [7, 11) is 5.88. The first-order valence-electron chi connectivity index (χ1n) is 15.7. The minimum absolute atomic E-state index is 0.0708. The number of hydrogen-bond acceptors (Lipinski definition) is 11. The minimum atomic E-state index is -0.609. The number of nitrogens with two attached hydrogens (primary N) is 1. The highest BCUT2D eigenvalue weighted by molar-refractivity contribution is 5.68. The molecule has 0 aliphatic heterocycles. The standard InChI is InChI=1S/C19H16FN3O4.C19H18FN3O2/c1-26-18-6-4-3-5-14(18)16-9-13(21-11-22-16)7-12-8-17(23(24)25)19(27-2)10-15(12)20;1-24-18-6-4-3-5-14(18)17-9-13(22-11-23-17)7-12-8-16(21)19(25-2)10-15(12)20/h3-6,8-11H,7H2,1-2H3;3-6,8-11H,7,21H2,1-2H3. The number of nitrogen functional groups attached to an aromatic ring is 1. The number of anilines is 1. The van der Waals surface area contributed by atoms with Crippen LogP contribution in [0.15, 0.2) is 97.6 Å². The molecule has 52 heavy (non-hydrogen) atoms. The summed E-state index contributed by atoms with van der Waals surface area (Å²) >= 11 is 0. The van der Waals surface area contributed by atoms with Crippen LogP contribution in [-0.2, 0) is 12.8 Å². The van der Waals surface area contributed by atoms with Crippen LogP contribution >= 0.6 is 0 Å². The number of hydrogen-bond donors (Lipinski definition) is 1. The van der Waals surface area contributed by atoms with E-state index in [0.29, 0.717) is 57.7 Å². The van der Waals surface area contributed by atoms with E-state index in [1.165, 1.54) is 39.0 Å². The first-order valence-corrected chi connectivity index (χ1v) is 15.7. The Morgan fingerprint density at radius 1 is 0.615 bits per heavy atom. The molecule has 0 atom stereocenters. The van der Waals surface area contributed by atoms with Crippen molar-refractivity contribution in [2.75, 3.05) is 34.2 Å². The largest absolute Gasteiger partial charge is 0.496 e. The molecule has 2 N–H and O–H groups in total. The monoisotopic (exact) mass is 708 g/mol. The number of methoxy groups -OCH3 is 4. The molecule has 0 spiro atoms. The average molecular weight is 709 g/mol. The van der Waals surface area contributed by atoms with Gasteiger partial charge in [-0.3, -0.25) is 10.1 Å². The first kappa shape index (κ1) is 36.6. The number of nitro benzene ring substituents is 1. The second-order valence-electron chi connectivity index (χ2n) is 11.1. The van der Waals surface area contributed by atoms with Crippen LogP contribution in [0.1, 0.15) is 22.5 Å². The van der Waals surface area contributed by atoms with Crippen molar-refractivity contribution in [3.05, 3.63) is 142 Å². The number of rotatable bonds is 11. The van der Waals surface area contributed by atoms with E-state index in [0.717, 1.165) is 17.2 Å². The molecular formula is C38H34F2N6O6. The van der Waals surface area contributed by atoms with Crippen LogP contribution in [0.2, 0.25) is 0 Å². The Hall–Kier alpha value is -6.70. The maximum absolute atomic E-state index is 14.3. The van der Waals surface area contributed by atoms with Gasteiger partial charge in [0.25, 0.3) is 0 Å². The lowest BCUT2D eigenvalue weighted by Gasteiger charge is -2.10. The van der Waals surface area contributed by atoms with Gasteiger partial charge in [0.1, 0.15) is 41.5 Å². The third-order valence-corrected chi connectivity index (χ3v) is 7.90. The molecule has 6 rings (SSSR count). The molecule has 0 amide bonds. The number of para-hydroxylation sites is 2. The molecule has 0 aliphatic carbocycles. The number of benzene rings is 4. The van der Waals surface area contributed by atoms with Crippen molar-refractivity contribution in [3.63, 3.8) is 0 Å². The Labute approximate surface area is 298 Å². The van der Waals surface area contributed by atoms with E-state index >= 15 is 0 Å². The van der Waals surface area contributed by atoms with Gasteiger partial charge in [-0.1, -0.05) is 24.3 Å². The molecule has 0 saturated heterocycles. The fourth-order valence-corrected chi connectivity index (χ4v) is 5.35. The highest BCUT2D eigenvalue weighted by Gasteiger charge is 2.20. The summed E-state index contributed by atoms with van der Waals surface area (Å²) in [5.74, 6) is 0.566. The number of ether oxygens (including phenoxy) is 4. The number of halogens is 2. The van der Waals surface area contributed by atoms with Crippen molar-refractivity contribution in [2.45, 2.75) is 12.8 Å². The Kier molecular flexibility index (Phi) is 11.8. The van der Waals surface area contributed by atoms with Crippen LogP contribution in [0, 0.1) is 21.7 Å². The molecular weight excluding hydrogens is 674 g/mol. The average Bonchev–Trinajstić information content (AvgIpc) is 3.17. The predicted molar refractivity (Wildman–Crippen MR) is 191 cm³/mol. The zero-order chi connectivity index (χ0) is 37.2. The Morgan fingerprint density at radius 3 is 1.52 bits per heavy atom. The summed E-state index contributed by atoms with van der Waals surface area (Å²) in [5, 5.41) is 11.2. The topological polar surface area (TPSA) is 158 Å². The van der Waals surface area contributed by atoms with Gasteiger partial charge in [0, 0.05) is 59.1 Å². The van der Waals surface area contributed by atoms with Crippen LogP contribution in [-0.4, -0.2) is 53.3 Å². The number of nitro groups is 1. The van der Waals surface area contributed by atoms with E-state index in [1.54, 1.807) is 26.4 Å². The molecule has 266 valence electrons. The highest BCUT2D eigenvalue weighted by atomic mass is 19.1. The second kappa shape index (κ2) is 16.8. The Morgan fingerprint density at radius 2 is 1.06 bits per heavy atom. The zero-order valence-corrected chi connectivity index (χ0v) is 28.7. The molecule has 14 heteroatoms. The second-order valence-corrected chi connectivity index (χ2v) is 11.1. The van der Waals surface area contributed by atoms with E-state index < -0.39 is 10.7 Å². The number of nitrogens with zero attached hydrogens (tertiary/aromatic N) is 5. The van der Waals surface area contributed by atoms with Crippen LogP contribution in [0.5, 0.6) is 23.0 Å². The zero-order valence-electron chi connectivity index (χ0n) is 28.7. The van der Waals surface area contributed by atoms with Crippen molar-refractivity contribution in [1.29, 1.82) is 0 Å². The summed E-state index contributed by atoms with van der Waals surface area (Å²) in [6, 6.07) is 23.5. The summed E-state index contributed by atoms with van der Waals surface area (Å²) in [5.41, 5.74) is 10.7. The lowest BCUT2D eigenvalue weighted by molar-refractivity contribution is -0.385. The molecule has 2 heterocycles. The smallest absolute Gasteiger partial charge is 0.311 e. The fourth-order valence-electron chi connectivity index (χ4n) is 5.35. The minimum Gasteiger partial charge on any atom is -0.496 e. The van der Waals surface area contributed by atoms with Gasteiger partial charge in [-0.2, -0.15) is 0 Å². The lowest BCUT2D eigenvalue weighted by Crippen LogP contribution is -2.01. The van der Waals surface area contributed by atoms with Gasteiger partial charge in [-0.25, -0.2) is 28.7 Å². The molecule has 0 unspecified atom stereocenters. The van der Waals surface area contributed by atoms with Crippen molar-refractivity contribution in [3.8, 4) is 45.5 Å². The van der Waals surface area contributed by atoms with Crippen molar-refractivity contribution in [2.24, 2.45) is 0 Å². The molecule has 0 bridgehead atoms. The van der Waals surface area contributed by atoms with E-state index in [4.69, 9.17) is 24.7 Å². The van der Waals surface area contributed by atoms with E-state index in [-0.39, 0.29) is 29.2 Å². The Bertz CT molecular complexity index is 2200. The summed E-state index contributed by atoms with van der Waals surface area (Å²) in [6.07, 6.45) is 3.20. The SMILES string of the molecule is COc1cc(F)c(Cc2cc(-c3ccccc3OC)ncn2)cc1N.COc1ccccc1-c1cc(Cc2cc([N+](=O)[O-])c(OC)cc2F)ncn1. The van der Waals surface area contributed by atoms with Gasteiger partial charge >= 0.3 is 5.69 Å². The first-order chi connectivity index (χ1) is 25.1. The van der Waals surface area contributed by atoms with E-state index in [2.05, 4.69) is 19.9 Å². The molecule has 0 aliphatic rings. The van der Waals surface area contributed by atoms with E-state index in [9.17, 15) is 18.9 Å². The van der Waals surface area contributed by atoms with Crippen molar-refractivity contribution in [1.82, 2.24) is 19.9 Å².